The summed E-state index contributed by atoms with van der Waals surface area (Å²) in [5.74, 6) is 3.38. The van der Waals surface area contributed by atoms with Crippen molar-refractivity contribution in [3.63, 3.8) is 0 Å². The number of rotatable bonds is 2. The number of ketones is 1. The van der Waals surface area contributed by atoms with Gasteiger partial charge < -0.3 is 4.90 Å². The highest BCUT2D eigenvalue weighted by molar-refractivity contribution is 6.09. The van der Waals surface area contributed by atoms with E-state index < -0.39 is 0 Å². The molecule has 4 aliphatic rings. The molecule has 0 bridgehead atoms. The lowest BCUT2D eigenvalue weighted by Crippen LogP contribution is -2.36. The van der Waals surface area contributed by atoms with Crippen LogP contribution in [0.5, 0.6) is 0 Å². The second kappa shape index (κ2) is 4.96. The molecule has 3 aliphatic carbocycles. The van der Waals surface area contributed by atoms with Crippen molar-refractivity contribution in [2.24, 2.45) is 5.41 Å². The Kier molecular flexibility index (Phi) is 2.95. The van der Waals surface area contributed by atoms with E-state index in [0.29, 0.717) is 23.3 Å². The summed E-state index contributed by atoms with van der Waals surface area (Å²) < 4.78 is 0. The molecule has 122 valence electrons. The van der Waals surface area contributed by atoms with Crippen molar-refractivity contribution in [2.75, 3.05) is 13.1 Å². The van der Waals surface area contributed by atoms with Crippen LogP contribution in [0.15, 0.2) is 17.7 Å². The van der Waals surface area contributed by atoms with Gasteiger partial charge in [0, 0.05) is 31.1 Å². The van der Waals surface area contributed by atoms with Crippen molar-refractivity contribution in [1.29, 1.82) is 0 Å². The van der Waals surface area contributed by atoms with Crippen LogP contribution in [0.2, 0.25) is 0 Å². The van der Waals surface area contributed by atoms with Crippen LogP contribution in [-0.4, -0.2) is 28.8 Å². The van der Waals surface area contributed by atoms with E-state index in [1.54, 1.807) is 0 Å². The fraction of sp³-hybridized carbons (Fsp3) is 0.524. The second-order valence-corrected chi connectivity index (χ2v) is 7.97. The summed E-state index contributed by atoms with van der Waals surface area (Å²) in [6.45, 7) is 2.01. The molecule has 0 amide bonds. The topological polar surface area (TPSA) is 33.2 Å². The number of terminal acetylenes is 1. The summed E-state index contributed by atoms with van der Waals surface area (Å²) >= 11 is 0. The zero-order valence-corrected chi connectivity index (χ0v) is 14.0. The molecule has 0 N–H and O–H groups in total. The minimum Gasteiger partial charge on any atom is -0.369 e. The molecule has 0 radical (unpaired) electrons. The summed E-state index contributed by atoms with van der Waals surface area (Å²) in [7, 11) is 0. The Labute approximate surface area is 143 Å². The number of fused-ring (bicyclic) bond motifs is 1. The fourth-order valence-corrected chi connectivity index (χ4v) is 4.31. The molecule has 3 fully saturated rings. The summed E-state index contributed by atoms with van der Waals surface area (Å²) in [6, 6.07) is 4.21. The predicted octanol–water partition coefficient (Wildman–Crippen LogP) is 3.30. The number of allylic oxidation sites excluding steroid dienone is 1. The Hall–Kier alpha value is -2.08. The number of piperidine rings is 1. The van der Waals surface area contributed by atoms with Crippen molar-refractivity contribution >= 4 is 11.5 Å². The second-order valence-electron chi connectivity index (χ2n) is 7.97. The highest BCUT2D eigenvalue weighted by atomic mass is 16.1. The zero-order chi connectivity index (χ0) is 16.3. The average Bonchev–Trinajstić information content (AvgIpc) is 3.50. The number of hydrogen-bond donors (Lipinski definition) is 0. The van der Waals surface area contributed by atoms with Crippen molar-refractivity contribution in [3.8, 4) is 12.3 Å². The Morgan fingerprint density at radius 3 is 2.54 bits per heavy atom. The first-order valence-electron chi connectivity index (χ1n) is 9.18. The van der Waals surface area contributed by atoms with E-state index in [1.165, 1.54) is 44.2 Å². The van der Waals surface area contributed by atoms with Gasteiger partial charge >= 0.3 is 0 Å². The number of carbonyl (C=O) groups excluding carboxylic acids is 1. The molecule has 2 saturated carbocycles. The number of nitrogens with zero attached hydrogens (tertiary/aromatic N) is 2. The molecule has 3 nitrogen and oxygen atoms in total. The van der Waals surface area contributed by atoms with Gasteiger partial charge in [-0.3, -0.25) is 9.78 Å². The Morgan fingerprint density at radius 1 is 1.17 bits per heavy atom. The molecule has 1 saturated heterocycles. The van der Waals surface area contributed by atoms with E-state index in [4.69, 9.17) is 11.4 Å². The molecule has 1 aromatic rings. The SMILES string of the molecule is C#CC1=C(N2CCC3(CC2)CC3)c2nc(C3CC3)ccc2CC1=O. The lowest BCUT2D eigenvalue weighted by atomic mass is 9.88. The third-order valence-electron chi connectivity index (χ3n) is 6.33. The van der Waals surface area contributed by atoms with Crippen LogP contribution in [0, 0.1) is 17.8 Å². The summed E-state index contributed by atoms with van der Waals surface area (Å²) in [6.07, 6.45) is 13.8. The number of Topliss-reactive ketones (excluding diaryl/α,β-unsaturated/α-hetero) is 1. The quantitative estimate of drug-likeness (QED) is 0.785. The molecule has 1 aromatic heterocycles. The van der Waals surface area contributed by atoms with E-state index in [1.807, 2.05) is 0 Å². The average molecular weight is 318 g/mol. The van der Waals surface area contributed by atoms with E-state index in [-0.39, 0.29) is 5.78 Å². The minimum absolute atomic E-state index is 0.0766. The Bertz CT molecular complexity index is 796. The van der Waals surface area contributed by atoms with Gasteiger partial charge in [-0.05, 0) is 55.6 Å². The molecular weight excluding hydrogens is 296 g/mol. The standard InChI is InChI=1S/C21H22N2O/c1-2-16-18(24)13-15-5-6-17(14-3-4-14)22-19(15)20(16)23-11-9-21(7-8-21)10-12-23/h1,5-6,14H,3-4,7-13H2. The van der Waals surface area contributed by atoms with Crippen LogP contribution in [0.25, 0.3) is 5.70 Å². The lowest BCUT2D eigenvalue weighted by Gasteiger charge is -2.37. The fourth-order valence-electron chi connectivity index (χ4n) is 4.31. The van der Waals surface area contributed by atoms with Gasteiger partial charge in [-0.1, -0.05) is 12.0 Å². The summed E-state index contributed by atoms with van der Waals surface area (Å²) in [5, 5.41) is 0. The predicted molar refractivity (Wildman–Crippen MR) is 93.2 cm³/mol. The molecule has 3 heteroatoms. The number of pyridine rings is 1. The molecular formula is C21H22N2O. The van der Waals surface area contributed by atoms with Gasteiger partial charge in [0.1, 0.15) is 0 Å². The van der Waals surface area contributed by atoms with Gasteiger partial charge in [-0.2, -0.15) is 0 Å². The van der Waals surface area contributed by atoms with Crippen molar-refractivity contribution in [2.45, 2.75) is 50.9 Å². The molecule has 1 spiro atoms. The van der Waals surface area contributed by atoms with Gasteiger partial charge in [0.15, 0.2) is 5.78 Å². The van der Waals surface area contributed by atoms with Crippen LogP contribution in [0.1, 0.15) is 61.4 Å². The van der Waals surface area contributed by atoms with Crippen LogP contribution < -0.4 is 0 Å². The monoisotopic (exact) mass is 318 g/mol. The highest BCUT2D eigenvalue weighted by Gasteiger charge is 2.45. The van der Waals surface area contributed by atoms with Crippen molar-refractivity contribution < 1.29 is 4.79 Å². The van der Waals surface area contributed by atoms with Gasteiger partial charge in [0.05, 0.1) is 17.0 Å². The first-order valence-corrected chi connectivity index (χ1v) is 9.18. The maximum atomic E-state index is 12.6. The van der Waals surface area contributed by atoms with Crippen LogP contribution in [-0.2, 0) is 11.2 Å². The van der Waals surface area contributed by atoms with E-state index in [2.05, 4.69) is 23.0 Å². The maximum absolute atomic E-state index is 12.6. The third-order valence-corrected chi connectivity index (χ3v) is 6.33. The van der Waals surface area contributed by atoms with E-state index >= 15 is 0 Å². The van der Waals surface area contributed by atoms with Gasteiger partial charge in [0.25, 0.3) is 0 Å². The zero-order valence-electron chi connectivity index (χ0n) is 14.0. The van der Waals surface area contributed by atoms with Crippen molar-refractivity contribution in [3.05, 3.63) is 34.7 Å². The molecule has 0 atom stereocenters. The van der Waals surface area contributed by atoms with Gasteiger partial charge in [-0.25, -0.2) is 0 Å². The molecule has 24 heavy (non-hydrogen) atoms. The minimum atomic E-state index is 0.0766. The summed E-state index contributed by atoms with van der Waals surface area (Å²) in [4.78, 5) is 19.9. The maximum Gasteiger partial charge on any atom is 0.177 e. The number of hydrogen-bond acceptors (Lipinski definition) is 3. The van der Waals surface area contributed by atoms with E-state index in [9.17, 15) is 4.79 Å². The van der Waals surface area contributed by atoms with Crippen LogP contribution in [0.3, 0.4) is 0 Å². The first kappa shape index (κ1) is 14.3. The number of aromatic nitrogens is 1. The van der Waals surface area contributed by atoms with Crippen LogP contribution in [0.4, 0.5) is 0 Å². The van der Waals surface area contributed by atoms with Crippen LogP contribution >= 0.6 is 0 Å². The number of carbonyl (C=O) groups is 1. The third kappa shape index (κ3) is 2.20. The van der Waals surface area contributed by atoms with Crippen molar-refractivity contribution in [1.82, 2.24) is 9.88 Å². The first-order chi connectivity index (χ1) is 11.7. The number of likely N-dealkylation sites (tertiary alicyclic amines) is 1. The lowest BCUT2D eigenvalue weighted by molar-refractivity contribution is -0.114. The molecule has 0 aromatic carbocycles. The largest absolute Gasteiger partial charge is 0.369 e. The Morgan fingerprint density at radius 2 is 1.92 bits per heavy atom. The Balaban J connectivity index is 1.58. The molecule has 5 rings (SSSR count). The molecule has 1 aliphatic heterocycles. The molecule has 2 heterocycles. The van der Waals surface area contributed by atoms with Gasteiger partial charge in [-0.15, -0.1) is 6.42 Å². The highest BCUT2D eigenvalue weighted by Crippen LogP contribution is 2.54. The smallest absolute Gasteiger partial charge is 0.177 e. The summed E-state index contributed by atoms with van der Waals surface area (Å²) in [5.41, 5.74) is 5.31. The molecule has 0 unspecified atom stereocenters. The van der Waals surface area contributed by atoms with Gasteiger partial charge in [0.2, 0.25) is 0 Å². The normalized spacial score (nSPS) is 24.8. The van der Waals surface area contributed by atoms with E-state index in [0.717, 1.165) is 30.0 Å².